The van der Waals surface area contributed by atoms with Gasteiger partial charge in [-0.25, -0.2) is 0 Å². The molecule has 1 aliphatic heterocycles. The molecule has 1 amide bonds. The standard InChI is InChI=1S/C18H25N3O2S/c1-13-4-5-16(24-13)14-10-19-11-15(14)17(23)20-6-8-21(9-7-20)18(2,3)12-22/h4-5,10-11,19,22H,6-9,12H2,1-3H3. The van der Waals surface area contributed by atoms with Gasteiger partial charge < -0.3 is 15.0 Å². The van der Waals surface area contributed by atoms with Gasteiger partial charge in [0.2, 0.25) is 0 Å². The molecular formula is C18H25N3O2S. The number of hydrogen-bond acceptors (Lipinski definition) is 4. The van der Waals surface area contributed by atoms with Crippen LogP contribution in [0.3, 0.4) is 0 Å². The van der Waals surface area contributed by atoms with Gasteiger partial charge in [0.05, 0.1) is 12.2 Å². The number of hydrogen-bond donors (Lipinski definition) is 2. The van der Waals surface area contributed by atoms with Crippen molar-refractivity contribution in [1.82, 2.24) is 14.8 Å². The Morgan fingerprint density at radius 2 is 1.96 bits per heavy atom. The summed E-state index contributed by atoms with van der Waals surface area (Å²) in [6, 6.07) is 4.15. The Morgan fingerprint density at radius 3 is 2.54 bits per heavy atom. The predicted octanol–water partition coefficient (Wildman–Crippen LogP) is 2.58. The molecule has 0 unspecified atom stereocenters. The van der Waals surface area contributed by atoms with Gasteiger partial charge >= 0.3 is 0 Å². The van der Waals surface area contributed by atoms with Gasteiger partial charge in [-0.3, -0.25) is 9.69 Å². The number of aliphatic hydroxyl groups is 1. The van der Waals surface area contributed by atoms with E-state index >= 15 is 0 Å². The van der Waals surface area contributed by atoms with Gasteiger partial charge in [0.15, 0.2) is 0 Å². The highest BCUT2D eigenvalue weighted by atomic mass is 32.1. The number of amides is 1. The predicted molar refractivity (Wildman–Crippen MR) is 97.5 cm³/mol. The molecule has 0 radical (unpaired) electrons. The minimum Gasteiger partial charge on any atom is -0.394 e. The van der Waals surface area contributed by atoms with E-state index in [9.17, 15) is 9.90 Å². The number of aromatic nitrogens is 1. The summed E-state index contributed by atoms with van der Waals surface area (Å²) < 4.78 is 0. The average Bonchev–Trinajstić information content (AvgIpc) is 3.23. The second-order valence-corrected chi connectivity index (χ2v) is 8.23. The average molecular weight is 347 g/mol. The summed E-state index contributed by atoms with van der Waals surface area (Å²) in [7, 11) is 0. The van der Waals surface area contributed by atoms with Gasteiger partial charge in [0.1, 0.15) is 0 Å². The molecule has 3 rings (SSSR count). The van der Waals surface area contributed by atoms with Crippen LogP contribution in [0.15, 0.2) is 24.5 Å². The van der Waals surface area contributed by atoms with Crippen LogP contribution in [-0.4, -0.2) is 64.1 Å². The lowest BCUT2D eigenvalue weighted by Crippen LogP contribution is -2.57. The molecule has 0 bridgehead atoms. The van der Waals surface area contributed by atoms with Crippen molar-refractivity contribution in [2.24, 2.45) is 0 Å². The number of piperazine rings is 1. The lowest BCUT2D eigenvalue weighted by Gasteiger charge is -2.43. The van der Waals surface area contributed by atoms with Crippen LogP contribution in [0.5, 0.6) is 0 Å². The number of H-pyrrole nitrogens is 1. The van der Waals surface area contributed by atoms with E-state index in [2.05, 4.69) is 28.9 Å². The number of rotatable bonds is 4. The minimum absolute atomic E-state index is 0.0822. The first-order valence-electron chi connectivity index (χ1n) is 8.31. The van der Waals surface area contributed by atoms with Crippen LogP contribution in [0.4, 0.5) is 0 Å². The monoisotopic (exact) mass is 347 g/mol. The van der Waals surface area contributed by atoms with Crippen LogP contribution in [0, 0.1) is 6.92 Å². The summed E-state index contributed by atoms with van der Waals surface area (Å²) in [5.41, 5.74) is 1.49. The molecule has 2 aromatic heterocycles. The molecule has 0 aromatic carbocycles. The lowest BCUT2D eigenvalue weighted by molar-refractivity contribution is 0.0164. The zero-order chi connectivity index (χ0) is 17.3. The highest BCUT2D eigenvalue weighted by Crippen LogP contribution is 2.31. The highest BCUT2D eigenvalue weighted by molar-refractivity contribution is 7.15. The SMILES string of the molecule is Cc1ccc(-c2c[nH]cc2C(=O)N2CCN(C(C)(C)CO)CC2)s1. The molecule has 130 valence electrons. The van der Waals surface area contributed by atoms with E-state index in [1.807, 2.05) is 24.9 Å². The number of aryl methyl sites for hydroxylation is 1. The quantitative estimate of drug-likeness (QED) is 0.894. The number of carbonyl (C=O) groups is 1. The van der Waals surface area contributed by atoms with Gasteiger partial charge in [0.25, 0.3) is 5.91 Å². The minimum atomic E-state index is -0.233. The maximum Gasteiger partial charge on any atom is 0.256 e. The van der Waals surface area contributed by atoms with Crippen molar-refractivity contribution in [2.45, 2.75) is 26.3 Å². The Bertz CT molecular complexity index is 711. The summed E-state index contributed by atoms with van der Waals surface area (Å²) in [4.78, 5) is 22.5. The first-order valence-corrected chi connectivity index (χ1v) is 9.13. The Hall–Kier alpha value is -1.63. The number of nitrogens with zero attached hydrogens (tertiary/aromatic N) is 2. The van der Waals surface area contributed by atoms with Crippen LogP contribution < -0.4 is 0 Å². The van der Waals surface area contributed by atoms with Gasteiger partial charge in [-0.1, -0.05) is 0 Å². The van der Waals surface area contributed by atoms with E-state index < -0.39 is 0 Å². The second-order valence-electron chi connectivity index (χ2n) is 6.94. The molecule has 2 aromatic rings. The molecule has 5 nitrogen and oxygen atoms in total. The van der Waals surface area contributed by atoms with Gasteiger partial charge in [-0.2, -0.15) is 0 Å². The Labute approximate surface area is 146 Å². The van der Waals surface area contributed by atoms with Crippen molar-refractivity contribution in [2.75, 3.05) is 32.8 Å². The van der Waals surface area contributed by atoms with E-state index in [-0.39, 0.29) is 18.1 Å². The zero-order valence-corrected chi connectivity index (χ0v) is 15.3. The molecule has 3 heterocycles. The Kier molecular flexibility index (Phi) is 4.80. The van der Waals surface area contributed by atoms with E-state index in [0.29, 0.717) is 13.1 Å². The molecule has 2 N–H and O–H groups in total. The fraction of sp³-hybridized carbons (Fsp3) is 0.500. The molecule has 0 aliphatic carbocycles. The van der Waals surface area contributed by atoms with Crippen molar-refractivity contribution in [3.8, 4) is 10.4 Å². The van der Waals surface area contributed by atoms with E-state index in [1.54, 1.807) is 17.5 Å². The number of thiophene rings is 1. The van der Waals surface area contributed by atoms with E-state index in [0.717, 1.165) is 29.1 Å². The number of aliphatic hydroxyl groups excluding tert-OH is 1. The maximum absolute atomic E-state index is 12.9. The molecule has 0 saturated carbocycles. The Morgan fingerprint density at radius 1 is 1.25 bits per heavy atom. The highest BCUT2D eigenvalue weighted by Gasteiger charge is 2.31. The number of aromatic amines is 1. The molecule has 24 heavy (non-hydrogen) atoms. The fourth-order valence-electron chi connectivity index (χ4n) is 3.11. The van der Waals surface area contributed by atoms with Gasteiger partial charge in [0, 0.05) is 59.4 Å². The lowest BCUT2D eigenvalue weighted by atomic mass is 10.0. The summed E-state index contributed by atoms with van der Waals surface area (Å²) >= 11 is 1.70. The summed E-state index contributed by atoms with van der Waals surface area (Å²) in [5.74, 6) is 0.0822. The van der Waals surface area contributed by atoms with E-state index in [1.165, 1.54) is 4.88 Å². The van der Waals surface area contributed by atoms with Crippen molar-refractivity contribution in [3.05, 3.63) is 35.0 Å². The Balaban J connectivity index is 1.72. The molecule has 0 spiro atoms. The topological polar surface area (TPSA) is 59.6 Å². The van der Waals surface area contributed by atoms with Gasteiger partial charge in [-0.05, 0) is 32.9 Å². The first kappa shape index (κ1) is 17.2. The number of carbonyl (C=O) groups excluding carboxylic acids is 1. The normalized spacial score (nSPS) is 16.6. The molecule has 1 fully saturated rings. The smallest absolute Gasteiger partial charge is 0.256 e. The number of nitrogens with one attached hydrogen (secondary N) is 1. The summed E-state index contributed by atoms with van der Waals surface area (Å²) in [6.45, 7) is 9.23. The molecule has 1 aliphatic rings. The first-order chi connectivity index (χ1) is 11.4. The van der Waals surface area contributed by atoms with Crippen molar-refractivity contribution >= 4 is 17.2 Å². The van der Waals surface area contributed by atoms with Crippen molar-refractivity contribution in [3.63, 3.8) is 0 Å². The summed E-state index contributed by atoms with van der Waals surface area (Å²) in [5, 5.41) is 9.51. The van der Waals surface area contributed by atoms with Crippen LogP contribution in [0.2, 0.25) is 0 Å². The van der Waals surface area contributed by atoms with Crippen LogP contribution in [-0.2, 0) is 0 Å². The third-order valence-electron chi connectivity index (χ3n) is 4.79. The summed E-state index contributed by atoms with van der Waals surface area (Å²) in [6.07, 6.45) is 3.71. The largest absolute Gasteiger partial charge is 0.394 e. The van der Waals surface area contributed by atoms with Crippen LogP contribution in [0.25, 0.3) is 10.4 Å². The molecule has 1 saturated heterocycles. The van der Waals surface area contributed by atoms with Gasteiger partial charge in [-0.15, -0.1) is 11.3 Å². The molecule has 6 heteroatoms. The van der Waals surface area contributed by atoms with E-state index in [4.69, 9.17) is 0 Å². The third-order valence-corrected chi connectivity index (χ3v) is 5.83. The van der Waals surface area contributed by atoms with Crippen molar-refractivity contribution < 1.29 is 9.90 Å². The zero-order valence-electron chi connectivity index (χ0n) is 14.5. The molecule has 0 atom stereocenters. The third kappa shape index (κ3) is 3.27. The van der Waals surface area contributed by atoms with Crippen molar-refractivity contribution in [1.29, 1.82) is 0 Å². The second kappa shape index (κ2) is 6.70. The molecular weight excluding hydrogens is 322 g/mol. The maximum atomic E-state index is 12.9. The van der Waals surface area contributed by atoms with Crippen LogP contribution >= 0.6 is 11.3 Å². The van der Waals surface area contributed by atoms with Crippen LogP contribution in [0.1, 0.15) is 29.1 Å². The fourth-order valence-corrected chi connectivity index (χ4v) is 4.01.